The number of hydrogen-bond acceptors (Lipinski definition) is 2. The van der Waals surface area contributed by atoms with Crippen molar-refractivity contribution in [3.63, 3.8) is 0 Å². The molecule has 2 N–H and O–H groups in total. The van der Waals surface area contributed by atoms with Gasteiger partial charge in [-0.05, 0) is 19.1 Å². The van der Waals surface area contributed by atoms with Crippen LogP contribution in [0.4, 0.5) is 18.9 Å². The first-order chi connectivity index (χ1) is 8.43. The second kappa shape index (κ2) is 4.51. The maximum absolute atomic E-state index is 13.6. The molecule has 1 aromatic carbocycles. The van der Waals surface area contributed by atoms with E-state index in [-0.39, 0.29) is 12.1 Å². The topological polar surface area (TPSA) is 41.1 Å². The van der Waals surface area contributed by atoms with Gasteiger partial charge in [-0.25, -0.2) is 13.2 Å². The zero-order chi connectivity index (χ0) is 13.3. The minimum atomic E-state index is -3.61. The number of alkyl halides is 3. The van der Waals surface area contributed by atoms with Crippen LogP contribution >= 0.6 is 0 Å². The summed E-state index contributed by atoms with van der Waals surface area (Å²) >= 11 is 0. The van der Waals surface area contributed by atoms with Crippen LogP contribution in [-0.4, -0.2) is 30.6 Å². The fourth-order valence-electron chi connectivity index (χ4n) is 1.84. The molecular weight excluding hydrogens is 245 g/mol. The Bertz CT molecular complexity index is 462. The van der Waals surface area contributed by atoms with Crippen LogP contribution in [0.3, 0.4) is 0 Å². The SMILES string of the molecule is CC(F)C(F)(F)C1CNc2ccccc2C(=O)N1. The van der Waals surface area contributed by atoms with E-state index in [2.05, 4.69) is 10.6 Å². The molecule has 2 rings (SSSR count). The lowest BCUT2D eigenvalue weighted by atomic mass is 10.1. The van der Waals surface area contributed by atoms with Gasteiger partial charge in [-0.3, -0.25) is 4.79 Å². The summed E-state index contributed by atoms with van der Waals surface area (Å²) in [7, 11) is 0. The van der Waals surface area contributed by atoms with Crippen molar-refractivity contribution in [2.24, 2.45) is 0 Å². The molecule has 18 heavy (non-hydrogen) atoms. The molecule has 3 nitrogen and oxygen atoms in total. The van der Waals surface area contributed by atoms with Gasteiger partial charge in [-0.1, -0.05) is 12.1 Å². The van der Waals surface area contributed by atoms with Crippen molar-refractivity contribution >= 4 is 11.6 Å². The number of hydrogen-bond donors (Lipinski definition) is 2. The molecule has 0 bridgehead atoms. The fraction of sp³-hybridized carbons (Fsp3) is 0.417. The van der Waals surface area contributed by atoms with E-state index in [1.807, 2.05) is 0 Å². The van der Waals surface area contributed by atoms with E-state index in [1.165, 1.54) is 6.07 Å². The minimum absolute atomic E-state index is 0.218. The lowest BCUT2D eigenvalue weighted by Gasteiger charge is -2.27. The van der Waals surface area contributed by atoms with Crippen LogP contribution in [0.25, 0.3) is 0 Å². The minimum Gasteiger partial charge on any atom is -0.382 e. The molecule has 1 heterocycles. The number of rotatable bonds is 2. The number of anilines is 1. The van der Waals surface area contributed by atoms with Gasteiger partial charge in [0.25, 0.3) is 11.8 Å². The van der Waals surface area contributed by atoms with Crippen molar-refractivity contribution in [3.05, 3.63) is 29.8 Å². The monoisotopic (exact) mass is 258 g/mol. The molecule has 1 aliphatic rings. The lowest BCUT2D eigenvalue weighted by molar-refractivity contribution is -0.0881. The fourth-order valence-corrected chi connectivity index (χ4v) is 1.84. The van der Waals surface area contributed by atoms with Gasteiger partial charge in [0, 0.05) is 12.2 Å². The van der Waals surface area contributed by atoms with Gasteiger partial charge in [0.15, 0.2) is 6.17 Å². The molecule has 1 aromatic rings. The second-order valence-electron chi connectivity index (χ2n) is 4.24. The van der Waals surface area contributed by atoms with Crippen molar-refractivity contribution in [2.45, 2.75) is 25.1 Å². The van der Waals surface area contributed by atoms with E-state index in [4.69, 9.17) is 0 Å². The average Bonchev–Trinajstić information content (AvgIpc) is 2.50. The summed E-state index contributed by atoms with van der Waals surface area (Å²) in [4.78, 5) is 11.8. The predicted molar refractivity (Wildman–Crippen MR) is 61.7 cm³/mol. The summed E-state index contributed by atoms with van der Waals surface area (Å²) in [5.41, 5.74) is 0.752. The summed E-state index contributed by atoms with van der Waals surface area (Å²) in [5, 5.41) is 4.90. The Labute approximate surface area is 102 Å². The number of carbonyl (C=O) groups excluding carboxylic acids is 1. The Morgan fingerprint density at radius 3 is 2.72 bits per heavy atom. The Morgan fingerprint density at radius 1 is 1.39 bits per heavy atom. The Morgan fingerprint density at radius 2 is 2.06 bits per heavy atom. The third kappa shape index (κ3) is 2.14. The number of carbonyl (C=O) groups is 1. The van der Waals surface area contributed by atoms with Crippen LogP contribution in [0.2, 0.25) is 0 Å². The number of halogens is 3. The number of nitrogens with one attached hydrogen (secondary N) is 2. The van der Waals surface area contributed by atoms with Crippen LogP contribution in [0.1, 0.15) is 17.3 Å². The molecule has 1 amide bonds. The molecule has 98 valence electrons. The zero-order valence-corrected chi connectivity index (χ0v) is 9.71. The van der Waals surface area contributed by atoms with Gasteiger partial charge in [-0.15, -0.1) is 0 Å². The summed E-state index contributed by atoms with van der Waals surface area (Å²) in [6.45, 7) is 0.564. The number of amides is 1. The van der Waals surface area contributed by atoms with Gasteiger partial charge < -0.3 is 10.6 Å². The maximum Gasteiger partial charge on any atom is 0.299 e. The van der Waals surface area contributed by atoms with Gasteiger partial charge in [0.1, 0.15) is 6.04 Å². The standard InChI is InChI=1S/C12H13F3N2O/c1-7(13)12(14,15)10-6-16-9-5-3-2-4-8(9)11(18)17-10/h2-5,7,10,16H,6H2,1H3,(H,17,18). The molecule has 6 heteroatoms. The van der Waals surface area contributed by atoms with Crippen molar-refractivity contribution in [3.8, 4) is 0 Å². The van der Waals surface area contributed by atoms with Crippen LogP contribution in [0.5, 0.6) is 0 Å². The average molecular weight is 258 g/mol. The second-order valence-corrected chi connectivity index (χ2v) is 4.24. The normalized spacial score (nSPS) is 21.3. The van der Waals surface area contributed by atoms with E-state index in [0.29, 0.717) is 5.69 Å². The van der Waals surface area contributed by atoms with Crippen molar-refractivity contribution in [2.75, 3.05) is 11.9 Å². The van der Waals surface area contributed by atoms with E-state index in [1.54, 1.807) is 18.2 Å². The summed E-state index contributed by atoms with van der Waals surface area (Å²) in [6, 6.07) is 4.90. The highest BCUT2D eigenvalue weighted by molar-refractivity contribution is 6.00. The predicted octanol–water partition coefficient (Wildman–Crippen LogP) is 2.20. The zero-order valence-electron chi connectivity index (χ0n) is 9.71. The quantitative estimate of drug-likeness (QED) is 0.853. The van der Waals surface area contributed by atoms with E-state index in [0.717, 1.165) is 6.92 Å². The first-order valence-electron chi connectivity index (χ1n) is 5.58. The van der Waals surface area contributed by atoms with Crippen LogP contribution in [0.15, 0.2) is 24.3 Å². The molecule has 0 aromatic heterocycles. The van der Waals surface area contributed by atoms with Crippen LogP contribution in [0, 0.1) is 0 Å². The smallest absolute Gasteiger partial charge is 0.299 e. The third-order valence-electron chi connectivity index (χ3n) is 2.97. The van der Waals surface area contributed by atoms with Crippen LogP contribution < -0.4 is 10.6 Å². The highest BCUT2D eigenvalue weighted by Crippen LogP contribution is 2.28. The van der Waals surface area contributed by atoms with Gasteiger partial charge in [-0.2, -0.15) is 0 Å². The molecule has 0 saturated heterocycles. The summed E-state index contributed by atoms with van der Waals surface area (Å²) in [5.74, 6) is -4.23. The van der Waals surface area contributed by atoms with Gasteiger partial charge in [0.2, 0.25) is 0 Å². The Balaban J connectivity index is 2.27. The molecular formula is C12H13F3N2O. The summed E-state index contributed by atoms with van der Waals surface area (Å²) in [6.07, 6.45) is -2.33. The first kappa shape index (κ1) is 12.7. The molecule has 2 atom stereocenters. The largest absolute Gasteiger partial charge is 0.382 e. The number of fused-ring (bicyclic) bond motifs is 1. The molecule has 0 spiro atoms. The van der Waals surface area contributed by atoms with Crippen molar-refractivity contribution < 1.29 is 18.0 Å². The van der Waals surface area contributed by atoms with Crippen LogP contribution in [-0.2, 0) is 0 Å². The molecule has 0 saturated carbocycles. The Hall–Kier alpha value is -1.72. The van der Waals surface area contributed by atoms with Crippen molar-refractivity contribution in [1.82, 2.24) is 5.32 Å². The molecule has 0 fully saturated rings. The molecule has 1 aliphatic heterocycles. The Kier molecular flexibility index (Phi) is 3.19. The molecule has 0 aliphatic carbocycles. The van der Waals surface area contributed by atoms with Crippen molar-refractivity contribution in [1.29, 1.82) is 0 Å². The lowest BCUT2D eigenvalue weighted by Crippen LogP contribution is -2.54. The van der Waals surface area contributed by atoms with E-state index in [9.17, 15) is 18.0 Å². The maximum atomic E-state index is 13.6. The van der Waals surface area contributed by atoms with E-state index >= 15 is 0 Å². The summed E-state index contributed by atoms with van der Waals surface area (Å²) < 4.78 is 40.1. The molecule has 0 radical (unpaired) electrons. The van der Waals surface area contributed by atoms with Gasteiger partial charge in [0.05, 0.1) is 5.56 Å². The first-order valence-corrected chi connectivity index (χ1v) is 5.58. The van der Waals surface area contributed by atoms with E-state index < -0.39 is 24.0 Å². The number of benzene rings is 1. The highest BCUT2D eigenvalue weighted by atomic mass is 19.3. The highest BCUT2D eigenvalue weighted by Gasteiger charge is 2.47. The third-order valence-corrected chi connectivity index (χ3v) is 2.97. The number of para-hydroxylation sites is 1. The molecule has 2 unspecified atom stereocenters. The van der Waals surface area contributed by atoms with Gasteiger partial charge >= 0.3 is 0 Å².